The average molecular weight is 523 g/mol. The maximum atomic E-state index is 7.36. The first-order chi connectivity index (χ1) is 19.2. The smallest absolute Gasteiger partial charge is 0.0493 e. The van der Waals surface area contributed by atoms with Gasteiger partial charge in [-0.25, -0.2) is 0 Å². The van der Waals surface area contributed by atoms with Crippen LogP contribution in [0.3, 0.4) is 0 Å². The number of fused-ring (bicyclic) bond motifs is 4. The topological polar surface area (TPSA) is 0 Å². The fraction of sp³-hybridized carbons (Fsp3) is 0.263. The van der Waals surface area contributed by atoms with Crippen LogP contribution in [-0.2, 0) is 5.41 Å². The molecular formula is C38H31Cl. The minimum Gasteiger partial charge on any atom is -0.0836 e. The Labute approximate surface area is 235 Å². The lowest BCUT2D eigenvalue weighted by Crippen LogP contribution is -2.55. The predicted octanol–water partition coefficient (Wildman–Crippen LogP) is 10.5. The van der Waals surface area contributed by atoms with Crippen molar-refractivity contribution in [1.29, 1.82) is 0 Å². The molecule has 0 aliphatic heterocycles. The molecule has 4 saturated carbocycles. The van der Waals surface area contributed by atoms with Gasteiger partial charge < -0.3 is 0 Å². The molecule has 4 bridgehead atoms. The molecular weight excluding hydrogens is 492 g/mol. The van der Waals surface area contributed by atoms with Crippen LogP contribution in [-0.4, -0.2) is 0 Å². The largest absolute Gasteiger partial charge is 0.0836 e. The van der Waals surface area contributed by atoms with E-state index in [0.29, 0.717) is 11.8 Å². The molecule has 0 radical (unpaired) electrons. The highest BCUT2D eigenvalue weighted by molar-refractivity contribution is 6.34. The van der Waals surface area contributed by atoms with E-state index < -0.39 is 0 Å². The van der Waals surface area contributed by atoms with Gasteiger partial charge in [0.1, 0.15) is 0 Å². The monoisotopic (exact) mass is 522 g/mol. The number of rotatable bonds is 2. The lowest BCUT2D eigenvalue weighted by molar-refractivity contribution is -0.0399. The SMILES string of the molecule is Clc1cc(-c2cccc3ccccc23)cc2c1-c1ccc(-c3ccccc3)cc1C21C2CC3CC(C2)CC1C3. The summed E-state index contributed by atoms with van der Waals surface area (Å²) in [7, 11) is 0. The van der Waals surface area contributed by atoms with Crippen molar-refractivity contribution in [3.05, 3.63) is 119 Å². The van der Waals surface area contributed by atoms with E-state index in [2.05, 4.69) is 103 Å². The number of halogens is 1. The van der Waals surface area contributed by atoms with Crippen molar-refractivity contribution in [2.75, 3.05) is 0 Å². The maximum Gasteiger partial charge on any atom is 0.0493 e. The molecule has 0 N–H and O–H groups in total. The van der Waals surface area contributed by atoms with E-state index in [4.69, 9.17) is 11.6 Å². The van der Waals surface area contributed by atoms with E-state index in [1.807, 2.05) is 0 Å². The van der Waals surface area contributed by atoms with Gasteiger partial charge >= 0.3 is 0 Å². The van der Waals surface area contributed by atoms with Crippen molar-refractivity contribution >= 4 is 22.4 Å². The molecule has 10 rings (SSSR count). The van der Waals surface area contributed by atoms with Crippen molar-refractivity contribution in [1.82, 2.24) is 0 Å². The fourth-order valence-corrected chi connectivity index (χ4v) is 10.0. The predicted molar refractivity (Wildman–Crippen MR) is 163 cm³/mol. The Balaban J connectivity index is 1.32. The molecule has 0 unspecified atom stereocenters. The summed E-state index contributed by atoms with van der Waals surface area (Å²) in [6.07, 6.45) is 6.95. The van der Waals surface area contributed by atoms with Crippen molar-refractivity contribution < 1.29 is 0 Å². The van der Waals surface area contributed by atoms with Crippen LogP contribution in [0.1, 0.15) is 43.2 Å². The molecule has 1 spiro atoms. The molecule has 5 aliphatic carbocycles. The highest BCUT2D eigenvalue weighted by Crippen LogP contribution is 2.70. The van der Waals surface area contributed by atoms with Crippen LogP contribution in [0.2, 0.25) is 5.02 Å². The van der Waals surface area contributed by atoms with Gasteiger partial charge in [0, 0.05) is 16.0 Å². The Morgan fingerprint density at radius 2 is 1.23 bits per heavy atom. The number of hydrogen-bond donors (Lipinski definition) is 0. The first-order valence-corrected chi connectivity index (χ1v) is 15.1. The summed E-state index contributed by atoms with van der Waals surface area (Å²) in [4.78, 5) is 0. The summed E-state index contributed by atoms with van der Waals surface area (Å²) >= 11 is 7.36. The Bertz CT molecular complexity index is 1750. The van der Waals surface area contributed by atoms with Crippen LogP contribution in [0.4, 0.5) is 0 Å². The van der Waals surface area contributed by atoms with Crippen LogP contribution in [0, 0.1) is 23.7 Å². The molecule has 0 aromatic heterocycles. The molecule has 190 valence electrons. The van der Waals surface area contributed by atoms with Gasteiger partial charge in [-0.1, -0.05) is 96.5 Å². The number of hydrogen-bond acceptors (Lipinski definition) is 0. The van der Waals surface area contributed by atoms with E-state index in [9.17, 15) is 0 Å². The van der Waals surface area contributed by atoms with Crippen LogP contribution in [0.15, 0.2) is 103 Å². The quantitative estimate of drug-likeness (QED) is 0.216. The van der Waals surface area contributed by atoms with Crippen molar-refractivity contribution in [2.24, 2.45) is 23.7 Å². The zero-order valence-electron chi connectivity index (χ0n) is 22.0. The van der Waals surface area contributed by atoms with Crippen molar-refractivity contribution in [3.63, 3.8) is 0 Å². The van der Waals surface area contributed by atoms with Gasteiger partial charge in [-0.05, 0) is 124 Å². The molecule has 5 aromatic carbocycles. The van der Waals surface area contributed by atoms with Gasteiger partial charge in [-0.3, -0.25) is 0 Å². The minimum absolute atomic E-state index is 0.0765. The van der Waals surface area contributed by atoms with E-state index in [1.165, 1.54) is 81.8 Å². The third-order valence-electron chi connectivity index (χ3n) is 10.9. The molecule has 0 heterocycles. The second kappa shape index (κ2) is 8.09. The van der Waals surface area contributed by atoms with Gasteiger partial charge in [-0.15, -0.1) is 0 Å². The van der Waals surface area contributed by atoms with Gasteiger partial charge in [0.15, 0.2) is 0 Å². The highest BCUT2D eigenvalue weighted by atomic mass is 35.5. The van der Waals surface area contributed by atoms with Crippen molar-refractivity contribution in [3.8, 4) is 33.4 Å². The molecule has 5 aromatic rings. The molecule has 5 aliphatic rings. The molecule has 0 saturated heterocycles. The summed E-state index contributed by atoms with van der Waals surface area (Å²) in [5.41, 5.74) is 11.0. The lowest BCUT2D eigenvalue weighted by atomic mass is 9.43. The van der Waals surface area contributed by atoms with Crippen LogP contribution in [0.5, 0.6) is 0 Å². The average Bonchev–Trinajstić information content (AvgIpc) is 3.26. The van der Waals surface area contributed by atoms with E-state index >= 15 is 0 Å². The Hall–Kier alpha value is -3.35. The fourth-order valence-electron chi connectivity index (χ4n) is 9.71. The van der Waals surface area contributed by atoms with Gasteiger partial charge in [-0.2, -0.15) is 0 Å². The van der Waals surface area contributed by atoms with Crippen molar-refractivity contribution in [2.45, 2.75) is 37.5 Å². The van der Waals surface area contributed by atoms with Crippen LogP contribution < -0.4 is 0 Å². The third-order valence-corrected chi connectivity index (χ3v) is 11.2. The van der Waals surface area contributed by atoms with E-state index in [0.717, 1.165) is 16.9 Å². The normalized spacial score (nSPS) is 27.7. The third kappa shape index (κ3) is 3.02. The summed E-state index contributed by atoms with van der Waals surface area (Å²) in [6, 6.07) is 38.4. The zero-order valence-corrected chi connectivity index (χ0v) is 22.8. The first kappa shape index (κ1) is 22.5. The molecule has 39 heavy (non-hydrogen) atoms. The summed E-state index contributed by atoms with van der Waals surface area (Å²) in [5.74, 6) is 3.25. The Morgan fingerprint density at radius 1 is 0.538 bits per heavy atom. The molecule has 0 amide bonds. The summed E-state index contributed by atoms with van der Waals surface area (Å²) in [5, 5.41) is 3.50. The van der Waals surface area contributed by atoms with Crippen LogP contribution in [0.25, 0.3) is 44.2 Å². The lowest BCUT2D eigenvalue weighted by Gasteiger charge is -2.61. The minimum atomic E-state index is 0.0765. The van der Waals surface area contributed by atoms with Crippen LogP contribution >= 0.6 is 11.6 Å². The highest BCUT2D eigenvalue weighted by Gasteiger charge is 2.62. The molecule has 1 heteroatoms. The zero-order chi connectivity index (χ0) is 25.7. The Morgan fingerprint density at radius 3 is 2.03 bits per heavy atom. The van der Waals surface area contributed by atoms with Gasteiger partial charge in [0.2, 0.25) is 0 Å². The maximum absolute atomic E-state index is 7.36. The number of benzene rings is 5. The van der Waals surface area contributed by atoms with Gasteiger partial charge in [0.25, 0.3) is 0 Å². The first-order valence-electron chi connectivity index (χ1n) is 14.7. The molecule has 0 atom stereocenters. The standard InChI is InChI=1S/C38H31Cl/c39-36-22-28(32-12-6-10-26-9-4-5-11-31(26)32)21-35-37(36)33-14-13-27(25-7-2-1-3-8-25)20-34(33)38(35)29-16-23-15-24(18-29)19-30(38)17-23/h1-14,20-24,29-30H,15-19H2. The van der Waals surface area contributed by atoms with E-state index in [-0.39, 0.29) is 5.41 Å². The second-order valence-corrected chi connectivity index (χ2v) is 13.1. The summed E-state index contributed by atoms with van der Waals surface area (Å²) < 4.78 is 0. The van der Waals surface area contributed by atoms with Gasteiger partial charge in [0.05, 0.1) is 0 Å². The van der Waals surface area contributed by atoms with E-state index in [1.54, 1.807) is 5.56 Å². The molecule has 4 fully saturated rings. The second-order valence-electron chi connectivity index (χ2n) is 12.7. The summed E-state index contributed by atoms with van der Waals surface area (Å²) in [6.45, 7) is 0. The molecule has 0 nitrogen and oxygen atoms in total. The Kier molecular flexibility index (Phi) is 4.66.